The third-order valence-electron chi connectivity index (χ3n) is 4.53. The predicted octanol–water partition coefficient (Wildman–Crippen LogP) is 3.04. The van der Waals surface area contributed by atoms with Gasteiger partial charge in [0.05, 0.1) is 0 Å². The number of carbonyl (C=O) groups is 1. The first-order chi connectivity index (χ1) is 12.7. The lowest BCUT2D eigenvalue weighted by molar-refractivity contribution is 0.136. The topological polar surface area (TPSA) is 88.4 Å². The monoisotopic (exact) mass is 364 g/mol. The molecule has 1 rings (SSSR count). The highest BCUT2D eigenvalue weighted by atomic mass is 16.6. The summed E-state index contributed by atoms with van der Waals surface area (Å²) in [6.07, 6.45) is 7.97. The molecule has 0 aromatic heterocycles. The van der Waals surface area contributed by atoms with E-state index >= 15 is 0 Å². The molecule has 0 saturated heterocycles. The molecular formula is C20H36N4O2. The molecule has 1 unspecified atom stereocenters. The second-order valence-corrected chi connectivity index (χ2v) is 6.63. The van der Waals surface area contributed by atoms with Crippen molar-refractivity contribution in [2.75, 3.05) is 27.2 Å². The fourth-order valence-corrected chi connectivity index (χ4v) is 3.06. The summed E-state index contributed by atoms with van der Waals surface area (Å²) in [6, 6.07) is 8.47. The van der Waals surface area contributed by atoms with Crippen LogP contribution in [0.25, 0.3) is 0 Å². The van der Waals surface area contributed by atoms with Gasteiger partial charge in [0.15, 0.2) is 0 Å². The SMILES string of the molecule is CNCCCC(CCCCCCN)c1ccc(COC(=O)NNC)cc1. The van der Waals surface area contributed by atoms with Gasteiger partial charge in [-0.1, -0.05) is 43.5 Å². The summed E-state index contributed by atoms with van der Waals surface area (Å²) in [5, 5.41) is 3.23. The zero-order valence-corrected chi connectivity index (χ0v) is 16.4. The van der Waals surface area contributed by atoms with Gasteiger partial charge < -0.3 is 15.8 Å². The molecule has 1 amide bonds. The second-order valence-electron chi connectivity index (χ2n) is 6.63. The van der Waals surface area contributed by atoms with E-state index in [0.717, 1.165) is 25.1 Å². The molecule has 1 atom stereocenters. The number of nitrogens with one attached hydrogen (secondary N) is 3. The lowest BCUT2D eigenvalue weighted by Crippen LogP contribution is -2.34. The Morgan fingerprint density at radius 1 is 1.04 bits per heavy atom. The van der Waals surface area contributed by atoms with E-state index in [1.165, 1.54) is 44.1 Å². The maximum atomic E-state index is 11.3. The Balaban J connectivity index is 2.53. The van der Waals surface area contributed by atoms with E-state index in [4.69, 9.17) is 10.5 Å². The Morgan fingerprint density at radius 2 is 1.73 bits per heavy atom. The van der Waals surface area contributed by atoms with Crippen molar-refractivity contribution in [3.05, 3.63) is 35.4 Å². The van der Waals surface area contributed by atoms with Crippen molar-refractivity contribution in [1.82, 2.24) is 16.2 Å². The number of carbonyl (C=O) groups excluding carboxylic acids is 1. The first-order valence-electron chi connectivity index (χ1n) is 9.74. The Kier molecular flexibility index (Phi) is 12.5. The van der Waals surface area contributed by atoms with E-state index in [0.29, 0.717) is 5.92 Å². The van der Waals surface area contributed by atoms with Crippen LogP contribution in [0, 0.1) is 0 Å². The van der Waals surface area contributed by atoms with Crippen molar-refractivity contribution >= 4 is 6.09 Å². The second kappa shape index (κ2) is 14.5. The van der Waals surface area contributed by atoms with Crippen molar-refractivity contribution in [3.63, 3.8) is 0 Å². The van der Waals surface area contributed by atoms with Crippen LogP contribution in [0.15, 0.2) is 24.3 Å². The summed E-state index contributed by atoms with van der Waals surface area (Å²) in [6.45, 7) is 2.12. The summed E-state index contributed by atoms with van der Waals surface area (Å²) in [5.41, 5.74) is 12.9. The first kappa shape index (κ1) is 22.4. The molecule has 5 N–H and O–H groups in total. The fourth-order valence-electron chi connectivity index (χ4n) is 3.06. The van der Waals surface area contributed by atoms with Gasteiger partial charge in [-0.3, -0.25) is 5.43 Å². The molecule has 1 aromatic rings. The van der Waals surface area contributed by atoms with Crippen LogP contribution in [0.1, 0.15) is 62.0 Å². The van der Waals surface area contributed by atoms with Gasteiger partial charge in [0.1, 0.15) is 6.61 Å². The standard InChI is InChI=1S/C20H36N4O2/c1-22-15-7-9-18(8-5-3-4-6-14-21)19-12-10-17(11-13-19)16-26-20(25)24-23-2/h10-13,18,22-23H,3-9,14-16,21H2,1-2H3,(H,24,25). The Bertz CT molecular complexity index is 479. The van der Waals surface area contributed by atoms with E-state index in [1.54, 1.807) is 7.05 Å². The Morgan fingerprint density at radius 3 is 2.38 bits per heavy atom. The molecule has 6 nitrogen and oxygen atoms in total. The molecule has 26 heavy (non-hydrogen) atoms. The van der Waals surface area contributed by atoms with Crippen LogP contribution in [0.4, 0.5) is 4.79 Å². The summed E-state index contributed by atoms with van der Waals surface area (Å²) in [7, 11) is 3.63. The molecule has 0 heterocycles. The molecule has 1 aromatic carbocycles. The number of benzene rings is 1. The predicted molar refractivity (Wildman–Crippen MR) is 107 cm³/mol. The third kappa shape index (κ3) is 9.75. The molecule has 0 aliphatic carbocycles. The van der Waals surface area contributed by atoms with E-state index < -0.39 is 6.09 Å². The van der Waals surface area contributed by atoms with Gasteiger partial charge in [-0.15, -0.1) is 0 Å². The minimum Gasteiger partial charge on any atom is -0.444 e. The highest BCUT2D eigenvalue weighted by molar-refractivity contribution is 5.66. The number of hydrogen-bond acceptors (Lipinski definition) is 5. The van der Waals surface area contributed by atoms with Crippen molar-refractivity contribution in [1.29, 1.82) is 0 Å². The number of nitrogens with two attached hydrogens (primary N) is 1. The number of hydrazine groups is 1. The molecule has 0 radical (unpaired) electrons. The van der Waals surface area contributed by atoms with Gasteiger partial charge in [0, 0.05) is 7.05 Å². The molecular weight excluding hydrogens is 328 g/mol. The van der Waals surface area contributed by atoms with Gasteiger partial charge in [0.25, 0.3) is 0 Å². The zero-order chi connectivity index (χ0) is 19.0. The molecule has 6 heteroatoms. The van der Waals surface area contributed by atoms with Crippen molar-refractivity contribution in [3.8, 4) is 0 Å². The maximum absolute atomic E-state index is 11.3. The first-order valence-corrected chi connectivity index (χ1v) is 9.74. The van der Waals surface area contributed by atoms with Gasteiger partial charge in [-0.05, 0) is 62.9 Å². The van der Waals surface area contributed by atoms with Gasteiger partial charge >= 0.3 is 6.09 Å². The van der Waals surface area contributed by atoms with Gasteiger partial charge in [-0.25, -0.2) is 10.2 Å². The quantitative estimate of drug-likeness (QED) is 0.301. The Labute approximate surface area is 158 Å². The summed E-state index contributed by atoms with van der Waals surface area (Å²) in [4.78, 5) is 11.3. The number of hydrogen-bond donors (Lipinski definition) is 4. The summed E-state index contributed by atoms with van der Waals surface area (Å²) < 4.78 is 5.12. The minimum atomic E-state index is -0.473. The normalized spacial score (nSPS) is 12.0. The van der Waals surface area contributed by atoms with E-state index in [2.05, 4.69) is 40.4 Å². The molecule has 0 saturated carbocycles. The van der Waals surface area contributed by atoms with Crippen LogP contribution in [-0.2, 0) is 11.3 Å². The minimum absolute atomic E-state index is 0.275. The molecule has 0 aliphatic rings. The van der Waals surface area contributed by atoms with Crippen LogP contribution in [-0.4, -0.2) is 33.3 Å². The van der Waals surface area contributed by atoms with Crippen LogP contribution in [0.3, 0.4) is 0 Å². The molecule has 0 bridgehead atoms. The van der Waals surface area contributed by atoms with Crippen LogP contribution in [0.2, 0.25) is 0 Å². The van der Waals surface area contributed by atoms with Gasteiger partial charge in [-0.2, -0.15) is 0 Å². The highest BCUT2D eigenvalue weighted by Crippen LogP contribution is 2.27. The number of unbranched alkanes of at least 4 members (excludes halogenated alkanes) is 3. The Hall–Kier alpha value is -1.63. The fraction of sp³-hybridized carbons (Fsp3) is 0.650. The highest BCUT2D eigenvalue weighted by Gasteiger charge is 2.11. The van der Waals surface area contributed by atoms with E-state index in [1.807, 2.05) is 7.05 Å². The van der Waals surface area contributed by atoms with E-state index in [-0.39, 0.29) is 6.61 Å². The van der Waals surface area contributed by atoms with Crippen molar-refractivity contribution in [2.45, 2.75) is 57.5 Å². The number of ether oxygens (including phenoxy) is 1. The molecule has 148 valence electrons. The largest absolute Gasteiger partial charge is 0.444 e. The van der Waals surface area contributed by atoms with Crippen LogP contribution >= 0.6 is 0 Å². The average Bonchev–Trinajstić information content (AvgIpc) is 2.65. The summed E-state index contributed by atoms with van der Waals surface area (Å²) >= 11 is 0. The molecule has 0 aliphatic heterocycles. The maximum Gasteiger partial charge on any atom is 0.421 e. The van der Waals surface area contributed by atoms with Gasteiger partial charge in [0.2, 0.25) is 0 Å². The van der Waals surface area contributed by atoms with Crippen LogP contribution in [0.5, 0.6) is 0 Å². The molecule has 0 spiro atoms. The number of rotatable bonds is 14. The molecule has 0 fully saturated rings. The van der Waals surface area contributed by atoms with E-state index in [9.17, 15) is 4.79 Å². The lowest BCUT2D eigenvalue weighted by atomic mass is 9.88. The third-order valence-corrected chi connectivity index (χ3v) is 4.53. The van der Waals surface area contributed by atoms with Crippen molar-refractivity contribution < 1.29 is 9.53 Å². The number of amides is 1. The zero-order valence-electron chi connectivity index (χ0n) is 16.4. The van der Waals surface area contributed by atoms with Crippen molar-refractivity contribution in [2.24, 2.45) is 5.73 Å². The average molecular weight is 365 g/mol. The smallest absolute Gasteiger partial charge is 0.421 e. The lowest BCUT2D eigenvalue weighted by Gasteiger charge is -2.18. The summed E-state index contributed by atoms with van der Waals surface area (Å²) in [5.74, 6) is 0.587. The van der Waals surface area contributed by atoms with Crippen LogP contribution < -0.4 is 21.9 Å².